The Balaban J connectivity index is 1.71. The van der Waals surface area contributed by atoms with Gasteiger partial charge in [0.15, 0.2) is 0 Å². The lowest BCUT2D eigenvalue weighted by Crippen LogP contribution is -2.20. The first-order valence-corrected chi connectivity index (χ1v) is 11.3. The quantitative estimate of drug-likeness (QED) is 0.762. The summed E-state index contributed by atoms with van der Waals surface area (Å²) in [6, 6.07) is 8.67. The summed E-state index contributed by atoms with van der Waals surface area (Å²) in [5, 5.41) is 8.15. The van der Waals surface area contributed by atoms with Crippen molar-refractivity contribution in [2.45, 2.75) is 70.3 Å². The Kier molecular flexibility index (Phi) is 5.67. The molecule has 6 heteroatoms. The van der Waals surface area contributed by atoms with Gasteiger partial charge >= 0.3 is 0 Å². The largest absolute Gasteiger partial charge is 0.491 e. The number of nitrogens with one attached hydrogen (secondary N) is 1. The van der Waals surface area contributed by atoms with Gasteiger partial charge in [0, 0.05) is 5.56 Å². The summed E-state index contributed by atoms with van der Waals surface area (Å²) in [4.78, 5) is 12.4. The van der Waals surface area contributed by atoms with Crippen LogP contribution >= 0.6 is 11.8 Å². The predicted molar refractivity (Wildman–Crippen MR) is 114 cm³/mol. The van der Waals surface area contributed by atoms with Crippen molar-refractivity contribution in [3.63, 3.8) is 0 Å². The number of hydrogen-bond donors (Lipinski definition) is 1. The van der Waals surface area contributed by atoms with Crippen molar-refractivity contribution < 1.29 is 9.53 Å². The minimum absolute atomic E-state index is 0.0606. The molecule has 4 rings (SSSR count). The summed E-state index contributed by atoms with van der Waals surface area (Å²) in [7, 11) is 0. The lowest BCUT2D eigenvalue weighted by Gasteiger charge is -2.24. The first-order chi connectivity index (χ1) is 13.5. The van der Waals surface area contributed by atoms with E-state index in [9.17, 15) is 4.79 Å². The summed E-state index contributed by atoms with van der Waals surface area (Å²) in [5.74, 6) is 2.30. The average molecular weight is 400 g/mol. The van der Waals surface area contributed by atoms with Gasteiger partial charge in [0.05, 0.1) is 28.8 Å². The van der Waals surface area contributed by atoms with Gasteiger partial charge in [-0.1, -0.05) is 31.4 Å². The van der Waals surface area contributed by atoms with E-state index < -0.39 is 0 Å². The molecule has 0 unspecified atom stereocenters. The molecule has 1 amide bonds. The molecule has 28 heavy (non-hydrogen) atoms. The number of benzene rings is 1. The van der Waals surface area contributed by atoms with Gasteiger partial charge in [-0.2, -0.15) is 5.10 Å². The monoisotopic (exact) mass is 399 g/mol. The molecule has 0 bridgehead atoms. The maximum atomic E-state index is 12.4. The normalized spacial score (nSPS) is 20.6. The molecule has 1 aliphatic heterocycles. The van der Waals surface area contributed by atoms with Crippen LogP contribution in [0.5, 0.6) is 5.75 Å². The van der Waals surface area contributed by atoms with Gasteiger partial charge in [-0.15, -0.1) is 11.8 Å². The number of carbonyl (C=O) groups is 1. The van der Waals surface area contributed by atoms with Gasteiger partial charge in [0.25, 0.3) is 0 Å². The third-order valence-electron chi connectivity index (χ3n) is 5.51. The first-order valence-electron chi connectivity index (χ1n) is 10.3. The number of anilines is 1. The number of rotatable bonds is 4. The van der Waals surface area contributed by atoms with Gasteiger partial charge in [-0.25, -0.2) is 4.68 Å². The molecule has 1 aromatic heterocycles. The second-order valence-electron chi connectivity index (χ2n) is 8.06. The smallest absolute Gasteiger partial charge is 0.235 e. The van der Waals surface area contributed by atoms with E-state index in [-0.39, 0.29) is 17.3 Å². The molecule has 150 valence electrons. The predicted octanol–water partition coefficient (Wildman–Crippen LogP) is 5.26. The van der Waals surface area contributed by atoms with Crippen molar-refractivity contribution in [3.05, 3.63) is 41.1 Å². The molecule has 2 aliphatic rings. The number of nitrogens with zero attached hydrogens (tertiary/aromatic N) is 2. The van der Waals surface area contributed by atoms with Crippen LogP contribution in [0.4, 0.5) is 5.82 Å². The molecule has 2 aromatic rings. The molecule has 1 aromatic carbocycles. The summed E-state index contributed by atoms with van der Waals surface area (Å²) < 4.78 is 7.89. The second kappa shape index (κ2) is 8.19. The molecule has 0 spiro atoms. The number of fused-ring (bicyclic) bond motifs is 1. The van der Waals surface area contributed by atoms with E-state index in [1.807, 2.05) is 26.0 Å². The van der Waals surface area contributed by atoms with Crippen LogP contribution in [-0.2, 0) is 4.79 Å². The van der Waals surface area contributed by atoms with Crippen LogP contribution in [0.2, 0.25) is 0 Å². The Morgan fingerprint density at radius 3 is 2.57 bits per heavy atom. The molecular weight excluding hydrogens is 370 g/mol. The molecule has 2 heterocycles. The zero-order chi connectivity index (χ0) is 19.7. The standard InChI is InChI=1S/C22H29N3O2S/c1-14(2)27-18-11-9-16(10-12-18)21-20-15(3)24-25(17-7-5-4-6-8-17)22(20)23-19(26)13-28-21/h9-12,14,17,21H,4-8,13H2,1-3H3,(H,23,26)/t21-/m1/s1. The molecule has 1 aliphatic carbocycles. The van der Waals surface area contributed by atoms with Crippen molar-refractivity contribution in [3.8, 4) is 5.75 Å². The van der Waals surface area contributed by atoms with Crippen molar-refractivity contribution in [1.29, 1.82) is 0 Å². The van der Waals surface area contributed by atoms with Crippen molar-refractivity contribution in [2.75, 3.05) is 11.1 Å². The SMILES string of the molecule is Cc1nn(C2CCCCC2)c2c1[C@@H](c1ccc(OC(C)C)cc1)SCC(=O)N2. The van der Waals surface area contributed by atoms with E-state index in [0.29, 0.717) is 11.8 Å². The Morgan fingerprint density at radius 2 is 1.89 bits per heavy atom. The van der Waals surface area contributed by atoms with Crippen molar-refractivity contribution in [1.82, 2.24) is 9.78 Å². The van der Waals surface area contributed by atoms with E-state index >= 15 is 0 Å². The Labute approximate surface area is 171 Å². The maximum Gasteiger partial charge on any atom is 0.235 e. The van der Waals surface area contributed by atoms with E-state index in [4.69, 9.17) is 9.84 Å². The van der Waals surface area contributed by atoms with Gasteiger partial charge < -0.3 is 10.1 Å². The first kappa shape index (κ1) is 19.4. The molecule has 1 atom stereocenters. The van der Waals surface area contributed by atoms with Crippen LogP contribution in [0.15, 0.2) is 24.3 Å². The third-order valence-corrected chi connectivity index (χ3v) is 6.78. The number of aromatic nitrogens is 2. The number of hydrogen-bond acceptors (Lipinski definition) is 4. The summed E-state index contributed by atoms with van der Waals surface area (Å²) in [6.45, 7) is 6.13. The summed E-state index contributed by atoms with van der Waals surface area (Å²) in [6.07, 6.45) is 6.21. The minimum Gasteiger partial charge on any atom is -0.491 e. The molecule has 0 radical (unpaired) electrons. The summed E-state index contributed by atoms with van der Waals surface area (Å²) >= 11 is 1.68. The Hall–Kier alpha value is -1.95. The topological polar surface area (TPSA) is 56.2 Å². The van der Waals surface area contributed by atoms with Gasteiger partial charge in [0.1, 0.15) is 11.6 Å². The molecule has 1 saturated carbocycles. The highest BCUT2D eigenvalue weighted by Crippen LogP contribution is 2.45. The van der Waals surface area contributed by atoms with E-state index in [1.54, 1.807) is 11.8 Å². The molecule has 1 N–H and O–H groups in total. The van der Waals surface area contributed by atoms with Crippen LogP contribution in [0.1, 0.15) is 74.1 Å². The maximum absolute atomic E-state index is 12.4. The van der Waals surface area contributed by atoms with Crippen LogP contribution in [0.3, 0.4) is 0 Å². The zero-order valence-corrected chi connectivity index (χ0v) is 17.7. The Bertz CT molecular complexity index is 838. The molecule has 0 saturated heterocycles. The van der Waals surface area contributed by atoms with E-state index in [2.05, 4.69) is 29.1 Å². The van der Waals surface area contributed by atoms with Gasteiger partial charge in [-0.05, 0) is 51.3 Å². The number of ether oxygens (including phenoxy) is 1. The van der Waals surface area contributed by atoms with Crippen molar-refractivity contribution >= 4 is 23.5 Å². The minimum atomic E-state index is 0.0606. The number of carbonyl (C=O) groups excluding carboxylic acids is 1. The van der Waals surface area contributed by atoms with Crippen LogP contribution in [0, 0.1) is 6.92 Å². The third kappa shape index (κ3) is 3.93. The highest BCUT2D eigenvalue weighted by atomic mass is 32.2. The van der Waals surface area contributed by atoms with Crippen molar-refractivity contribution in [2.24, 2.45) is 0 Å². The second-order valence-corrected chi connectivity index (χ2v) is 9.15. The average Bonchev–Trinajstić information content (AvgIpc) is 2.89. The van der Waals surface area contributed by atoms with E-state index in [1.165, 1.54) is 24.8 Å². The highest BCUT2D eigenvalue weighted by molar-refractivity contribution is 8.00. The number of amides is 1. The molecule has 5 nitrogen and oxygen atoms in total. The molecular formula is C22H29N3O2S. The molecule has 1 fully saturated rings. The van der Waals surface area contributed by atoms with Crippen LogP contribution in [-0.4, -0.2) is 27.5 Å². The zero-order valence-electron chi connectivity index (χ0n) is 16.9. The fourth-order valence-electron chi connectivity index (χ4n) is 4.26. The lowest BCUT2D eigenvalue weighted by atomic mass is 9.95. The number of aryl methyl sites for hydroxylation is 1. The highest BCUT2D eigenvalue weighted by Gasteiger charge is 2.32. The fourth-order valence-corrected chi connectivity index (χ4v) is 5.44. The lowest BCUT2D eigenvalue weighted by molar-refractivity contribution is -0.113. The van der Waals surface area contributed by atoms with Gasteiger partial charge in [-0.3, -0.25) is 4.79 Å². The number of thioether (sulfide) groups is 1. The van der Waals surface area contributed by atoms with Crippen LogP contribution in [0.25, 0.3) is 0 Å². The fraction of sp³-hybridized carbons (Fsp3) is 0.545. The summed E-state index contributed by atoms with van der Waals surface area (Å²) in [5.41, 5.74) is 3.35. The van der Waals surface area contributed by atoms with Gasteiger partial charge in [0.2, 0.25) is 5.91 Å². The van der Waals surface area contributed by atoms with E-state index in [0.717, 1.165) is 35.7 Å². The Morgan fingerprint density at radius 1 is 1.18 bits per heavy atom. The van der Waals surface area contributed by atoms with Crippen LogP contribution < -0.4 is 10.1 Å².